The summed E-state index contributed by atoms with van der Waals surface area (Å²) in [5.41, 5.74) is 2.60. The first-order chi connectivity index (χ1) is 9.61. The van der Waals surface area contributed by atoms with Crippen LogP contribution in [0, 0.1) is 13.8 Å². The van der Waals surface area contributed by atoms with Crippen LogP contribution in [0.1, 0.15) is 22.6 Å². The molecule has 106 valence electrons. The van der Waals surface area contributed by atoms with Crippen molar-refractivity contribution in [2.45, 2.75) is 26.8 Å². The molecular weight excluding hydrogens is 256 g/mol. The van der Waals surface area contributed by atoms with Gasteiger partial charge in [-0.1, -0.05) is 23.4 Å². The monoisotopic (exact) mass is 274 g/mol. The van der Waals surface area contributed by atoms with Crippen molar-refractivity contribution in [1.29, 1.82) is 0 Å². The third-order valence-corrected chi connectivity index (χ3v) is 3.19. The molecule has 0 atom stereocenters. The van der Waals surface area contributed by atoms with E-state index in [1.165, 1.54) is 0 Å². The summed E-state index contributed by atoms with van der Waals surface area (Å²) in [6.45, 7) is 4.12. The van der Waals surface area contributed by atoms with E-state index in [0.717, 1.165) is 28.3 Å². The highest BCUT2D eigenvalue weighted by molar-refractivity contribution is 5.79. The predicted octanol–water partition coefficient (Wildman–Crippen LogP) is 2.16. The normalized spacial score (nSPS) is 10.3. The number of benzene rings is 1. The maximum absolute atomic E-state index is 12.0. The maximum Gasteiger partial charge on any atom is 0.224 e. The van der Waals surface area contributed by atoms with E-state index in [1.807, 2.05) is 38.1 Å². The Morgan fingerprint density at radius 2 is 2.10 bits per heavy atom. The second kappa shape index (κ2) is 6.23. The standard InChI is InChI=1S/C15H18N2O3/c1-10-13(11(2)20-17-10)9-16-15(18)8-12-6-4-5-7-14(12)19-3/h4-7H,8-9H2,1-3H3,(H,16,18). The molecule has 0 spiro atoms. The van der Waals surface area contributed by atoms with Crippen LogP contribution < -0.4 is 10.1 Å². The van der Waals surface area contributed by atoms with Gasteiger partial charge in [-0.15, -0.1) is 0 Å². The van der Waals surface area contributed by atoms with Crippen molar-refractivity contribution in [3.63, 3.8) is 0 Å². The molecule has 0 saturated carbocycles. The Morgan fingerprint density at radius 3 is 2.75 bits per heavy atom. The molecule has 0 aliphatic heterocycles. The van der Waals surface area contributed by atoms with Gasteiger partial charge in [-0.25, -0.2) is 0 Å². The number of hydrogen-bond acceptors (Lipinski definition) is 4. The van der Waals surface area contributed by atoms with Gasteiger partial charge in [0.25, 0.3) is 0 Å². The van der Waals surface area contributed by atoms with Gasteiger partial charge in [0.05, 0.1) is 19.2 Å². The first kappa shape index (κ1) is 14.1. The zero-order chi connectivity index (χ0) is 14.5. The lowest BCUT2D eigenvalue weighted by molar-refractivity contribution is -0.120. The van der Waals surface area contributed by atoms with Crippen LogP contribution in [0.5, 0.6) is 5.75 Å². The average Bonchev–Trinajstić information content (AvgIpc) is 2.76. The van der Waals surface area contributed by atoms with E-state index in [1.54, 1.807) is 7.11 Å². The van der Waals surface area contributed by atoms with Crippen molar-refractivity contribution in [2.75, 3.05) is 7.11 Å². The van der Waals surface area contributed by atoms with Crippen LogP contribution in [0.2, 0.25) is 0 Å². The Kier molecular flexibility index (Phi) is 4.40. The van der Waals surface area contributed by atoms with E-state index in [9.17, 15) is 4.79 Å². The molecule has 0 aliphatic carbocycles. The number of hydrogen-bond donors (Lipinski definition) is 1. The lowest BCUT2D eigenvalue weighted by atomic mass is 10.1. The van der Waals surface area contributed by atoms with Crippen LogP contribution in [0.4, 0.5) is 0 Å². The topological polar surface area (TPSA) is 64.4 Å². The van der Waals surface area contributed by atoms with Crippen LogP contribution in [0.15, 0.2) is 28.8 Å². The van der Waals surface area contributed by atoms with Crippen molar-refractivity contribution in [1.82, 2.24) is 10.5 Å². The number of methoxy groups -OCH3 is 1. The van der Waals surface area contributed by atoms with Crippen molar-refractivity contribution >= 4 is 5.91 Å². The number of aromatic nitrogens is 1. The molecule has 2 aromatic rings. The molecule has 1 heterocycles. The molecule has 1 aromatic heterocycles. The Labute approximate surface area is 117 Å². The van der Waals surface area contributed by atoms with Crippen LogP contribution in [-0.4, -0.2) is 18.2 Å². The predicted molar refractivity (Wildman–Crippen MR) is 74.5 cm³/mol. The van der Waals surface area contributed by atoms with Gasteiger partial charge in [0.1, 0.15) is 11.5 Å². The lowest BCUT2D eigenvalue weighted by Gasteiger charge is -2.08. The van der Waals surface area contributed by atoms with Gasteiger partial charge in [0.15, 0.2) is 0 Å². The molecular formula is C15H18N2O3. The van der Waals surface area contributed by atoms with Crippen molar-refractivity contribution < 1.29 is 14.1 Å². The van der Waals surface area contributed by atoms with Gasteiger partial charge >= 0.3 is 0 Å². The minimum atomic E-state index is -0.0606. The average molecular weight is 274 g/mol. The van der Waals surface area contributed by atoms with Crippen molar-refractivity contribution in [3.05, 3.63) is 46.8 Å². The first-order valence-electron chi connectivity index (χ1n) is 6.42. The Bertz CT molecular complexity index is 585. The van der Waals surface area contributed by atoms with E-state index in [-0.39, 0.29) is 12.3 Å². The summed E-state index contributed by atoms with van der Waals surface area (Å²) >= 11 is 0. The number of ether oxygens (including phenoxy) is 1. The zero-order valence-corrected chi connectivity index (χ0v) is 11.9. The molecule has 20 heavy (non-hydrogen) atoms. The number of nitrogens with one attached hydrogen (secondary N) is 1. The molecule has 2 rings (SSSR count). The van der Waals surface area contributed by atoms with Crippen molar-refractivity contribution in [2.24, 2.45) is 0 Å². The Balaban J connectivity index is 1.96. The minimum absolute atomic E-state index is 0.0606. The molecule has 0 unspecified atom stereocenters. The van der Waals surface area contributed by atoms with E-state index in [0.29, 0.717) is 6.54 Å². The smallest absolute Gasteiger partial charge is 0.224 e. The van der Waals surface area contributed by atoms with Gasteiger partial charge in [-0.05, 0) is 19.9 Å². The fraction of sp³-hybridized carbons (Fsp3) is 0.333. The molecule has 1 N–H and O–H groups in total. The summed E-state index contributed by atoms with van der Waals surface area (Å²) in [7, 11) is 1.60. The summed E-state index contributed by atoms with van der Waals surface area (Å²) in [4.78, 5) is 12.0. The van der Waals surface area contributed by atoms with Gasteiger partial charge < -0.3 is 14.6 Å². The lowest BCUT2D eigenvalue weighted by Crippen LogP contribution is -2.25. The zero-order valence-electron chi connectivity index (χ0n) is 11.9. The van der Waals surface area contributed by atoms with E-state index < -0.39 is 0 Å². The van der Waals surface area contributed by atoms with Crippen LogP contribution >= 0.6 is 0 Å². The fourth-order valence-electron chi connectivity index (χ4n) is 2.03. The molecule has 5 heteroatoms. The number of aryl methyl sites for hydroxylation is 2. The summed E-state index contributed by atoms with van der Waals surface area (Å²) < 4.78 is 10.3. The van der Waals surface area contributed by atoms with Crippen molar-refractivity contribution in [3.8, 4) is 5.75 Å². The number of rotatable bonds is 5. The summed E-state index contributed by atoms with van der Waals surface area (Å²) in [5.74, 6) is 1.40. The minimum Gasteiger partial charge on any atom is -0.496 e. The van der Waals surface area contributed by atoms with Gasteiger partial charge in [-0.3, -0.25) is 4.79 Å². The van der Waals surface area contributed by atoms with Crippen LogP contribution in [-0.2, 0) is 17.8 Å². The molecule has 0 radical (unpaired) electrons. The number of nitrogens with zero attached hydrogens (tertiary/aromatic N) is 1. The Morgan fingerprint density at radius 1 is 1.35 bits per heavy atom. The summed E-state index contributed by atoms with van der Waals surface area (Å²) in [6.07, 6.45) is 0.285. The molecule has 1 aromatic carbocycles. The third-order valence-electron chi connectivity index (χ3n) is 3.19. The van der Waals surface area contributed by atoms with E-state index in [4.69, 9.17) is 9.26 Å². The van der Waals surface area contributed by atoms with E-state index >= 15 is 0 Å². The second-order valence-electron chi connectivity index (χ2n) is 4.57. The maximum atomic E-state index is 12.0. The quantitative estimate of drug-likeness (QED) is 0.907. The summed E-state index contributed by atoms with van der Waals surface area (Å²) in [6, 6.07) is 7.49. The number of carbonyl (C=O) groups is 1. The van der Waals surface area contributed by atoms with Crippen LogP contribution in [0.3, 0.4) is 0 Å². The van der Waals surface area contributed by atoms with Crippen LogP contribution in [0.25, 0.3) is 0 Å². The molecule has 5 nitrogen and oxygen atoms in total. The molecule has 0 saturated heterocycles. The number of amides is 1. The first-order valence-corrected chi connectivity index (χ1v) is 6.42. The van der Waals surface area contributed by atoms with Gasteiger partial charge in [0, 0.05) is 17.7 Å². The largest absolute Gasteiger partial charge is 0.496 e. The molecule has 0 aliphatic rings. The second-order valence-corrected chi connectivity index (χ2v) is 4.57. The number of para-hydroxylation sites is 1. The van der Waals surface area contributed by atoms with E-state index in [2.05, 4.69) is 10.5 Å². The van der Waals surface area contributed by atoms with Gasteiger partial charge in [0.2, 0.25) is 5.91 Å². The SMILES string of the molecule is COc1ccccc1CC(=O)NCc1c(C)noc1C. The highest BCUT2D eigenvalue weighted by Crippen LogP contribution is 2.18. The molecule has 0 bridgehead atoms. The fourth-order valence-corrected chi connectivity index (χ4v) is 2.03. The molecule has 1 amide bonds. The third kappa shape index (κ3) is 3.17. The summed E-state index contributed by atoms with van der Waals surface area (Å²) in [5, 5.41) is 6.73. The van der Waals surface area contributed by atoms with Gasteiger partial charge in [-0.2, -0.15) is 0 Å². The highest BCUT2D eigenvalue weighted by Gasteiger charge is 2.12. The highest BCUT2D eigenvalue weighted by atomic mass is 16.5. The Hall–Kier alpha value is -2.30. The molecule has 0 fully saturated rings. The number of carbonyl (C=O) groups excluding carboxylic acids is 1.